The maximum Gasteiger partial charge on any atom is 0.0674 e. The molecule has 2 atom stereocenters. The number of nitrogens with two attached hydrogens (primary N) is 1. The first-order chi connectivity index (χ1) is 9.22. The van der Waals surface area contributed by atoms with Crippen molar-refractivity contribution in [3.8, 4) is 0 Å². The molecule has 0 fully saturated rings. The summed E-state index contributed by atoms with van der Waals surface area (Å²) in [5, 5.41) is 2.12. The summed E-state index contributed by atoms with van der Waals surface area (Å²) < 4.78 is 0. The number of hydrogen-bond donors (Lipinski definition) is 1. The van der Waals surface area contributed by atoms with E-state index in [0.717, 1.165) is 18.8 Å². The van der Waals surface area contributed by atoms with Crippen molar-refractivity contribution in [1.29, 1.82) is 0 Å². The molecule has 3 nitrogen and oxygen atoms in total. The molecule has 2 unspecified atom stereocenters. The van der Waals surface area contributed by atoms with Gasteiger partial charge in [0.05, 0.1) is 11.7 Å². The third-order valence-electron chi connectivity index (χ3n) is 3.23. The second-order valence-corrected chi connectivity index (χ2v) is 5.73. The molecule has 2 N–H and O–H groups in total. The fraction of sp³-hybridized carbons (Fsp3) is 0.400. The summed E-state index contributed by atoms with van der Waals surface area (Å²) in [6, 6.07) is 10.5. The van der Waals surface area contributed by atoms with Crippen LogP contribution >= 0.6 is 11.3 Å². The molecule has 0 saturated carbocycles. The Morgan fingerprint density at radius 2 is 2.16 bits per heavy atom. The highest BCUT2D eigenvalue weighted by Crippen LogP contribution is 2.24. The topological polar surface area (TPSA) is 42.2 Å². The van der Waals surface area contributed by atoms with E-state index >= 15 is 0 Å². The lowest BCUT2D eigenvalue weighted by Crippen LogP contribution is -2.39. The van der Waals surface area contributed by atoms with Gasteiger partial charge in [0, 0.05) is 23.7 Å². The van der Waals surface area contributed by atoms with Gasteiger partial charge in [-0.1, -0.05) is 19.1 Å². The molecule has 0 amide bonds. The summed E-state index contributed by atoms with van der Waals surface area (Å²) in [5.41, 5.74) is 7.25. The fourth-order valence-electron chi connectivity index (χ4n) is 2.35. The van der Waals surface area contributed by atoms with Gasteiger partial charge in [-0.15, -0.1) is 11.3 Å². The summed E-state index contributed by atoms with van der Waals surface area (Å²) in [5.74, 6) is 0. The van der Waals surface area contributed by atoms with Crippen LogP contribution in [0, 0.1) is 0 Å². The first kappa shape index (κ1) is 14.2. The van der Waals surface area contributed by atoms with E-state index in [1.54, 1.807) is 11.3 Å². The van der Waals surface area contributed by atoms with E-state index in [-0.39, 0.29) is 12.1 Å². The summed E-state index contributed by atoms with van der Waals surface area (Å²) in [6.45, 7) is 6.11. The lowest BCUT2D eigenvalue weighted by molar-refractivity contribution is 0.175. The number of hydrogen-bond acceptors (Lipinski definition) is 4. The van der Waals surface area contributed by atoms with Gasteiger partial charge in [-0.25, -0.2) is 0 Å². The van der Waals surface area contributed by atoms with Crippen LogP contribution in [-0.4, -0.2) is 22.5 Å². The molecule has 0 bridgehead atoms. The van der Waals surface area contributed by atoms with Crippen LogP contribution in [0.3, 0.4) is 0 Å². The van der Waals surface area contributed by atoms with E-state index in [2.05, 4.69) is 47.3 Å². The highest BCUT2D eigenvalue weighted by Gasteiger charge is 2.24. The van der Waals surface area contributed by atoms with Crippen molar-refractivity contribution in [3.05, 3.63) is 52.5 Å². The molecule has 0 aliphatic rings. The molecule has 2 heterocycles. The number of thiophene rings is 1. The van der Waals surface area contributed by atoms with Crippen LogP contribution < -0.4 is 5.73 Å². The fourth-order valence-corrected chi connectivity index (χ4v) is 3.08. The Labute approximate surface area is 119 Å². The number of rotatable bonds is 6. The maximum absolute atomic E-state index is 6.20. The SMILES string of the molecule is CCN(Cc1cccs1)C(c1ccccn1)C(C)N. The van der Waals surface area contributed by atoms with Crippen molar-refractivity contribution in [3.63, 3.8) is 0 Å². The van der Waals surface area contributed by atoms with Crippen LogP contribution in [0.25, 0.3) is 0 Å². The van der Waals surface area contributed by atoms with E-state index in [1.807, 2.05) is 18.3 Å². The van der Waals surface area contributed by atoms with Gasteiger partial charge in [-0.3, -0.25) is 9.88 Å². The minimum atomic E-state index is 0.0508. The van der Waals surface area contributed by atoms with Crippen LogP contribution in [0.5, 0.6) is 0 Å². The van der Waals surface area contributed by atoms with Crippen molar-refractivity contribution in [1.82, 2.24) is 9.88 Å². The Morgan fingerprint density at radius 3 is 2.68 bits per heavy atom. The first-order valence-electron chi connectivity index (χ1n) is 6.65. The molecule has 0 spiro atoms. The standard InChI is InChI=1S/C15H21N3S/c1-3-18(11-13-7-6-10-19-13)15(12(2)16)14-8-4-5-9-17-14/h4-10,12,15H,3,11,16H2,1-2H3. The third kappa shape index (κ3) is 3.62. The minimum absolute atomic E-state index is 0.0508. The zero-order chi connectivity index (χ0) is 13.7. The Bertz CT molecular complexity index is 467. The van der Waals surface area contributed by atoms with Crippen LogP contribution in [0.4, 0.5) is 0 Å². The van der Waals surface area contributed by atoms with Gasteiger partial charge in [-0.2, -0.15) is 0 Å². The van der Waals surface area contributed by atoms with Gasteiger partial charge in [0.2, 0.25) is 0 Å². The number of likely N-dealkylation sites (N-methyl/N-ethyl adjacent to an activating group) is 1. The van der Waals surface area contributed by atoms with Crippen LogP contribution in [0.2, 0.25) is 0 Å². The van der Waals surface area contributed by atoms with Gasteiger partial charge >= 0.3 is 0 Å². The van der Waals surface area contributed by atoms with Crippen molar-refractivity contribution >= 4 is 11.3 Å². The van der Waals surface area contributed by atoms with E-state index in [9.17, 15) is 0 Å². The van der Waals surface area contributed by atoms with Gasteiger partial charge in [0.15, 0.2) is 0 Å². The Hall–Kier alpha value is -1.23. The highest BCUT2D eigenvalue weighted by atomic mass is 32.1. The molecule has 4 heteroatoms. The normalized spacial score (nSPS) is 14.5. The molecule has 2 aromatic rings. The molecule has 0 saturated heterocycles. The van der Waals surface area contributed by atoms with Crippen LogP contribution in [0.1, 0.15) is 30.5 Å². The van der Waals surface area contributed by atoms with Gasteiger partial charge in [0.25, 0.3) is 0 Å². The van der Waals surface area contributed by atoms with E-state index < -0.39 is 0 Å². The highest BCUT2D eigenvalue weighted by molar-refractivity contribution is 7.09. The number of aromatic nitrogens is 1. The summed E-state index contributed by atoms with van der Waals surface area (Å²) in [6.07, 6.45) is 1.84. The Morgan fingerprint density at radius 1 is 1.32 bits per heavy atom. The molecule has 0 radical (unpaired) electrons. The lowest BCUT2D eigenvalue weighted by Gasteiger charge is -2.32. The van der Waals surface area contributed by atoms with E-state index in [1.165, 1.54) is 4.88 Å². The maximum atomic E-state index is 6.20. The van der Waals surface area contributed by atoms with Gasteiger partial charge in [-0.05, 0) is 37.0 Å². The van der Waals surface area contributed by atoms with Crippen molar-refractivity contribution < 1.29 is 0 Å². The van der Waals surface area contributed by atoms with Crippen LogP contribution in [0.15, 0.2) is 41.9 Å². The monoisotopic (exact) mass is 275 g/mol. The average Bonchev–Trinajstić information content (AvgIpc) is 2.91. The van der Waals surface area contributed by atoms with Gasteiger partial charge in [0.1, 0.15) is 0 Å². The predicted molar refractivity (Wildman–Crippen MR) is 81.0 cm³/mol. The van der Waals surface area contributed by atoms with Crippen molar-refractivity contribution in [2.75, 3.05) is 6.54 Å². The number of pyridine rings is 1. The largest absolute Gasteiger partial charge is 0.326 e. The van der Waals surface area contributed by atoms with Gasteiger partial charge < -0.3 is 5.73 Å². The zero-order valence-electron chi connectivity index (χ0n) is 11.5. The van der Waals surface area contributed by atoms with Crippen molar-refractivity contribution in [2.24, 2.45) is 5.73 Å². The first-order valence-corrected chi connectivity index (χ1v) is 7.53. The van der Waals surface area contributed by atoms with Crippen LogP contribution in [-0.2, 0) is 6.54 Å². The molecule has 2 aromatic heterocycles. The van der Waals surface area contributed by atoms with Crippen molar-refractivity contribution in [2.45, 2.75) is 32.5 Å². The summed E-state index contributed by atoms with van der Waals surface area (Å²) >= 11 is 1.79. The number of nitrogens with zero attached hydrogens (tertiary/aromatic N) is 2. The van der Waals surface area contributed by atoms with E-state index in [0.29, 0.717) is 0 Å². The molecular weight excluding hydrogens is 254 g/mol. The summed E-state index contributed by atoms with van der Waals surface area (Å²) in [7, 11) is 0. The average molecular weight is 275 g/mol. The molecule has 2 rings (SSSR count). The molecule has 0 aromatic carbocycles. The lowest BCUT2D eigenvalue weighted by atomic mass is 10.0. The molecular formula is C15H21N3S. The molecule has 0 aliphatic heterocycles. The van der Waals surface area contributed by atoms with E-state index in [4.69, 9.17) is 5.73 Å². The summed E-state index contributed by atoms with van der Waals surface area (Å²) in [4.78, 5) is 8.23. The molecule has 102 valence electrons. The quantitative estimate of drug-likeness (QED) is 0.881. The Balaban J connectivity index is 2.21. The third-order valence-corrected chi connectivity index (χ3v) is 4.09. The predicted octanol–water partition coefficient (Wildman–Crippen LogP) is 3.05. The Kier molecular flexibility index (Phi) is 5.07. The smallest absolute Gasteiger partial charge is 0.0674 e. The minimum Gasteiger partial charge on any atom is -0.326 e. The zero-order valence-corrected chi connectivity index (χ0v) is 12.3. The molecule has 0 aliphatic carbocycles. The second-order valence-electron chi connectivity index (χ2n) is 4.70. The molecule has 19 heavy (non-hydrogen) atoms. The second kappa shape index (κ2) is 6.80.